The summed E-state index contributed by atoms with van der Waals surface area (Å²) in [6, 6.07) is 2.57. The zero-order chi connectivity index (χ0) is 18.5. The Morgan fingerprint density at radius 1 is 1.38 bits per heavy atom. The maximum atomic E-state index is 13.9. The van der Waals surface area contributed by atoms with E-state index >= 15 is 0 Å². The third-order valence-corrected chi connectivity index (χ3v) is 4.38. The first kappa shape index (κ1) is 20.8. The second-order valence-corrected chi connectivity index (χ2v) is 8.14. The molecule has 0 radical (unpaired) electrons. The molecular weight excluding hydrogens is 353 g/mol. The summed E-state index contributed by atoms with van der Waals surface area (Å²) in [6.07, 6.45) is 0.969. The zero-order valence-electron chi connectivity index (χ0n) is 14.5. The minimum Gasteiger partial charge on any atom is -0.459 e. The fourth-order valence-electron chi connectivity index (χ4n) is 1.78. The standard InChI is InChI=1S/C17H23ClFNO3S/c1-6-7-15(21)20-13-9-14(11(18)8-12(13)19)24-10(2)16(22)23-17(3,4)5/h8-10H,6-7H2,1-5H3,(H,20,21). The van der Waals surface area contributed by atoms with Gasteiger partial charge in [-0.1, -0.05) is 18.5 Å². The highest BCUT2D eigenvalue weighted by molar-refractivity contribution is 8.00. The number of benzene rings is 1. The molecule has 0 aromatic heterocycles. The molecule has 0 saturated carbocycles. The summed E-state index contributed by atoms with van der Waals surface area (Å²) < 4.78 is 19.3. The highest BCUT2D eigenvalue weighted by Gasteiger charge is 2.24. The van der Waals surface area contributed by atoms with Gasteiger partial charge >= 0.3 is 5.97 Å². The fourth-order valence-corrected chi connectivity index (χ4v) is 2.94. The molecule has 7 heteroatoms. The van der Waals surface area contributed by atoms with Crippen molar-refractivity contribution < 1.29 is 18.7 Å². The van der Waals surface area contributed by atoms with E-state index in [1.54, 1.807) is 27.7 Å². The van der Waals surface area contributed by atoms with E-state index in [1.165, 1.54) is 6.07 Å². The average Bonchev–Trinajstić information content (AvgIpc) is 2.42. The molecule has 0 bridgehead atoms. The number of hydrogen-bond donors (Lipinski definition) is 1. The van der Waals surface area contributed by atoms with Crippen LogP contribution in [0.15, 0.2) is 17.0 Å². The van der Waals surface area contributed by atoms with Crippen molar-refractivity contribution in [2.75, 3.05) is 5.32 Å². The summed E-state index contributed by atoms with van der Waals surface area (Å²) in [5.41, 5.74) is -0.533. The van der Waals surface area contributed by atoms with Crippen LogP contribution in [0.25, 0.3) is 0 Å². The number of thioether (sulfide) groups is 1. The van der Waals surface area contributed by atoms with Gasteiger partial charge in [0.2, 0.25) is 5.91 Å². The van der Waals surface area contributed by atoms with E-state index in [0.717, 1.165) is 17.8 Å². The van der Waals surface area contributed by atoms with E-state index in [2.05, 4.69) is 5.32 Å². The number of hydrogen-bond acceptors (Lipinski definition) is 4. The Morgan fingerprint density at radius 3 is 2.54 bits per heavy atom. The maximum Gasteiger partial charge on any atom is 0.319 e. The molecule has 1 rings (SSSR count). The van der Waals surface area contributed by atoms with Gasteiger partial charge in [-0.3, -0.25) is 9.59 Å². The number of anilines is 1. The van der Waals surface area contributed by atoms with Crippen LogP contribution in [-0.4, -0.2) is 22.7 Å². The van der Waals surface area contributed by atoms with Crippen molar-refractivity contribution in [3.63, 3.8) is 0 Å². The van der Waals surface area contributed by atoms with Gasteiger partial charge < -0.3 is 10.1 Å². The van der Waals surface area contributed by atoms with Crippen LogP contribution < -0.4 is 5.32 Å². The van der Waals surface area contributed by atoms with E-state index in [4.69, 9.17) is 16.3 Å². The van der Waals surface area contributed by atoms with Gasteiger partial charge in [0.15, 0.2) is 0 Å². The Bertz CT molecular complexity index is 617. The molecule has 134 valence electrons. The molecule has 24 heavy (non-hydrogen) atoms. The molecule has 1 unspecified atom stereocenters. The van der Waals surface area contributed by atoms with Gasteiger partial charge in [-0.2, -0.15) is 0 Å². The van der Waals surface area contributed by atoms with Crippen LogP contribution >= 0.6 is 23.4 Å². The first-order valence-corrected chi connectivity index (χ1v) is 8.97. The van der Waals surface area contributed by atoms with E-state index in [0.29, 0.717) is 17.7 Å². The number of esters is 1. The Balaban J connectivity index is 2.91. The van der Waals surface area contributed by atoms with Gasteiger partial charge in [0.25, 0.3) is 0 Å². The minimum atomic E-state index is -0.612. The number of halogens is 2. The summed E-state index contributed by atoms with van der Waals surface area (Å²) in [7, 11) is 0. The van der Waals surface area contributed by atoms with Crippen LogP contribution in [0.2, 0.25) is 5.02 Å². The molecule has 1 atom stereocenters. The smallest absolute Gasteiger partial charge is 0.319 e. The summed E-state index contributed by atoms with van der Waals surface area (Å²) in [6.45, 7) is 8.91. The molecule has 0 heterocycles. The first-order valence-electron chi connectivity index (χ1n) is 7.72. The highest BCUT2D eigenvalue weighted by atomic mass is 35.5. The fraction of sp³-hybridized carbons (Fsp3) is 0.529. The zero-order valence-corrected chi connectivity index (χ0v) is 16.1. The van der Waals surface area contributed by atoms with Crippen molar-refractivity contribution in [3.8, 4) is 0 Å². The Hall–Kier alpha value is -1.27. The topological polar surface area (TPSA) is 55.4 Å². The second-order valence-electron chi connectivity index (χ2n) is 6.35. The molecule has 1 amide bonds. The lowest BCUT2D eigenvalue weighted by Gasteiger charge is -2.22. The third-order valence-electron chi connectivity index (χ3n) is 2.82. The molecule has 1 N–H and O–H groups in total. The number of carbonyl (C=O) groups excluding carboxylic acids is 2. The van der Waals surface area contributed by atoms with Crippen LogP contribution in [0, 0.1) is 5.82 Å². The van der Waals surface area contributed by atoms with E-state index in [-0.39, 0.29) is 22.6 Å². The lowest BCUT2D eigenvalue weighted by atomic mass is 10.2. The van der Waals surface area contributed by atoms with Gasteiger partial charge in [0.05, 0.1) is 10.7 Å². The van der Waals surface area contributed by atoms with Gasteiger partial charge in [0, 0.05) is 11.3 Å². The number of rotatable bonds is 6. The SMILES string of the molecule is CCCC(=O)Nc1cc(SC(C)C(=O)OC(C)(C)C)c(Cl)cc1F. The molecule has 0 aliphatic carbocycles. The van der Waals surface area contributed by atoms with E-state index < -0.39 is 16.7 Å². The van der Waals surface area contributed by atoms with Crippen LogP contribution in [0.1, 0.15) is 47.5 Å². The quantitative estimate of drug-likeness (QED) is 0.559. The predicted molar refractivity (Wildman–Crippen MR) is 96.1 cm³/mol. The second kappa shape index (κ2) is 8.72. The number of amides is 1. The molecule has 0 aliphatic rings. The molecule has 1 aromatic carbocycles. The van der Waals surface area contributed by atoms with E-state index in [9.17, 15) is 14.0 Å². The number of nitrogens with one attached hydrogen (secondary N) is 1. The van der Waals surface area contributed by atoms with Gasteiger partial charge in [-0.15, -0.1) is 11.8 Å². The van der Waals surface area contributed by atoms with Crippen molar-refractivity contribution in [2.24, 2.45) is 0 Å². The monoisotopic (exact) mass is 375 g/mol. The lowest BCUT2D eigenvalue weighted by Crippen LogP contribution is -2.28. The number of ether oxygens (including phenoxy) is 1. The highest BCUT2D eigenvalue weighted by Crippen LogP contribution is 2.35. The van der Waals surface area contributed by atoms with Crippen LogP contribution in [0.3, 0.4) is 0 Å². The molecule has 0 fully saturated rings. The molecule has 1 aromatic rings. The summed E-state index contributed by atoms with van der Waals surface area (Å²) in [4.78, 5) is 24.2. The summed E-state index contributed by atoms with van der Waals surface area (Å²) in [5.74, 6) is -1.27. The number of carbonyl (C=O) groups is 2. The van der Waals surface area contributed by atoms with Crippen molar-refractivity contribution in [1.29, 1.82) is 0 Å². The predicted octanol–water partition coefficient (Wildman–Crippen LogP) is 5.04. The minimum absolute atomic E-state index is 0.0525. The Morgan fingerprint density at radius 2 is 2.00 bits per heavy atom. The molecule has 4 nitrogen and oxygen atoms in total. The maximum absolute atomic E-state index is 13.9. The van der Waals surface area contributed by atoms with Gasteiger partial charge in [-0.25, -0.2) is 4.39 Å². The third kappa shape index (κ3) is 6.69. The van der Waals surface area contributed by atoms with E-state index in [1.807, 2.05) is 6.92 Å². The summed E-state index contributed by atoms with van der Waals surface area (Å²) >= 11 is 7.21. The normalized spacial score (nSPS) is 12.6. The van der Waals surface area contributed by atoms with Crippen LogP contribution in [-0.2, 0) is 14.3 Å². The lowest BCUT2D eigenvalue weighted by molar-refractivity contribution is -0.153. The van der Waals surface area contributed by atoms with Crippen molar-refractivity contribution >= 4 is 40.9 Å². The van der Waals surface area contributed by atoms with Crippen molar-refractivity contribution in [2.45, 2.75) is 63.2 Å². The van der Waals surface area contributed by atoms with Crippen LogP contribution in [0.4, 0.5) is 10.1 Å². The van der Waals surface area contributed by atoms with Crippen molar-refractivity contribution in [1.82, 2.24) is 0 Å². The largest absolute Gasteiger partial charge is 0.459 e. The van der Waals surface area contributed by atoms with Crippen molar-refractivity contribution in [3.05, 3.63) is 23.0 Å². The average molecular weight is 376 g/mol. The first-order chi connectivity index (χ1) is 11.0. The summed E-state index contributed by atoms with van der Waals surface area (Å²) in [5, 5.41) is 2.18. The Labute approximate surface area is 151 Å². The molecular formula is C17H23ClFNO3S. The molecule has 0 spiro atoms. The van der Waals surface area contributed by atoms with Gasteiger partial charge in [-0.05, 0) is 46.2 Å². The Kier molecular flexibility index (Phi) is 7.55. The van der Waals surface area contributed by atoms with Gasteiger partial charge in [0.1, 0.15) is 16.7 Å². The molecule has 0 saturated heterocycles. The van der Waals surface area contributed by atoms with Crippen LogP contribution in [0.5, 0.6) is 0 Å². The molecule has 0 aliphatic heterocycles.